The van der Waals surface area contributed by atoms with Crippen molar-refractivity contribution >= 4 is 17.2 Å². The van der Waals surface area contributed by atoms with Crippen molar-refractivity contribution in [3.63, 3.8) is 0 Å². The third-order valence-electron chi connectivity index (χ3n) is 4.42. The highest BCUT2D eigenvalue weighted by Gasteiger charge is 2.25. The molecule has 0 radical (unpaired) electrons. The van der Waals surface area contributed by atoms with Gasteiger partial charge in [-0.3, -0.25) is 14.4 Å². The smallest absolute Gasteiger partial charge is 0.228 e. The van der Waals surface area contributed by atoms with E-state index in [1.54, 1.807) is 30.3 Å². The van der Waals surface area contributed by atoms with E-state index in [9.17, 15) is 4.79 Å². The van der Waals surface area contributed by atoms with E-state index in [0.29, 0.717) is 12.5 Å². The van der Waals surface area contributed by atoms with Gasteiger partial charge in [0.15, 0.2) is 0 Å². The first-order chi connectivity index (χ1) is 11.5. The van der Waals surface area contributed by atoms with Crippen LogP contribution in [0.5, 0.6) is 0 Å². The fourth-order valence-electron chi connectivity index (χ4n) is 3.09. The third kappa shape index (κ3) is 4.21. The first-order valence-corrected chi connectivity index (χ1v) is 9.26. The summed E-state index contributed by atoms with van der Waals surface area (Å²) in [6.07, 6.45) is 6.84. The highest BCUT2D eigenvalue weighted by molar-refractivity contribution is 7.09. The Bertz CT molecular complexity index is 693. The summed E-state index contributed by atoms with van der Waals surface area (Å²) in [5, 5.41) is 7.40. The fourth-order valence-corrected chi connectivity index (χ4v) is 3.87. The van der Waals surface area contributed by atoms with E-state index in [1.165, 1.54) is 18.4 Å². The van der Waals surface area contributed by atoms with E-state index in [-0.39, 0.29) is 5.91 Å². The molecule has 6 nitrogen and oxygen atoms in total. The molecule has 24 heavy (non-hydrogen) atoms. The molecular formula is C17H25N5OS. The van der Waals surface area contributed by atoms with Gasteiger partial charge in [-0.1, -0.05) is 0 Å². The van der Waals surface area contributed by atoms with Crippen molar-refractivity contribution in [2.75, 3.05) is 20.6 Å². The number of aryl methyl sites for hydroxylation is 1. The topological polar surface area (TPSA) is 54.3 Å². The van der Waals surface area contributed by atoms with Crippen molar-refractivity contribution in [1.29, 1.82) is 0 Å². The number of aromatic nitrogens is 3. The van der Waals surface area contributed by atoms with Gasteiger partial charge < -0.3 is 4.90 Å². The number of nitrogens with zero attached hydrogens (tertiary/aromatic N) is 5. The molecule has 0 N–H and O–H groups in total. The lowest BCUT2D eigenvalue weighted by molar-refractivity contribution is -0.127. The minimum atomic E-state index is 0.101. The molecule has 3 heterocycles. The molecule has 1 atom stereocenters. The molecule has 1 aliphatic heterocycles. The van der Waals surface area contributed by atoms with E-state index in [0.717, 1.165) is 30.3 Å². The number of likely N-dealkylation sites (tertiary alicyclic amines) is 1. The minimum Gasteiger partial charge on any atom is -0.348 e. The summed E-state index contributed by atoms with van der Waals surface area (Å²) < 4.78 is 2.04. The maximum absolute atomic E-state index is 11.8. The number of likely N-dealkylation sites (N-methyl/N-ethyl adjacent to an activating group) is 1. The molecule has 0 saturated carbocycles. The second kappa shape index (κ2) is 7.44. The highest BCUT2D eigenvalue weighted by Crippen LogP contribution is 2.22. The summed E-state index contributed by atoms with van der Waals surface area (Å²) in [6.45, 7) is 4.97. The van der Waals surface area contributed by atoms with Crippen molar-refractivity contribution in [2.24, 2.45) is 0 Å². The standard InChI is InChI=1S/C17H25N5OS/c1-13-8-18-22(9-13)11-15-5-4-6-21(15)10-14-12-24-16(19-14)7-17(23)20(2)3/h8-9,12,15H,4-7,10-11H2,1-3H3. The monoisotopic (exact) mass is 347 g/mol. The molecule has 0 aromatic carbocycles. The van der Waals surface area contributed by atoms with Crippen LogP contribution in [0.25, 0.3) is 0 Å². The molecular weight excluding hydrogens is 322 g/mol. The Balaban J connectivity index is 1.58. The quantitative estimate of drug-likeness (QED) is 0.801. The largest absolute Gasteiger partial charge is 0.348 e. The lowest BCUT2D eigenvalue weighted by Crippen LogP contribution is -2.32. The molecule has 1 unspecified atom stereocenters. The Hall–Kier alpha value is -1.73. The summed E-state index contributed by atoms with van der Waals surface area (Å²) in [4.78, 5) is 20.5. The predicted octanol–water partition coefficient (Wildman–Crippen LogP) is 1.94. The van der Waals surface area contributed by atoms with Crippen LogP contribution in [0.15, 0.2) is 17.8 Å². The molecule has 1 saturated heterocycles. The van der Waals surface area contributed by atoms with Gasteiger partial charge in [0.2, 0.25) is 5.91 Å². The number of hydrogen-bond donors (Lipinski definition) is 0. The first kappa shape index (κ1) is 17.1. The average Bonchev–Trinajstić information content (AvgIpc) is 3.24. The van der Waals surface area contributed by atoms with Gasteiger partial charge in [0.25, 0.3) is 0 Å². The van der Waals surface area contributed by atoms with E-state index in [4.69, 9.17) is 0 Å². The summed E-state index contributed by atoms with van der Waals surface area (Å²) >= 11 is 1.58. The number of hydrogen-bond acceptors (Lipinski definition) is 5. The van der Waals surface area contributed by atoms with Gasteiger partial charge in [-0.15, -0.1) is 11.3 Å². The Morgan fingerprint density at radius 2 is 2.29 bits per heavy atom. The van der Waals surface area contributed by atoms with Crippen LogP contribution >= 0.6 is 11.3 Å². The van der Waals surface area contributed by atoms with Crippen molar-refractivity contribution in [3.05, 3.63) is 34.0 Å². The SMILES string of the molecule is Cc1cnn(CC2CCCN2Cc2csc(CC(=O)N(C)C)n2)c1. The van der Waals surface area contributed by atoms with Gasteiger partial charge in [-0.05, 0) is 31.9 Å². The van der Waals surface area contributed by atoms with Crippen molar-refractivity contribution in [3.8, 4) is 0 Å². The first-order valence-electron chi connectivity index (χ1n) is 8.38. The number of carbonyl (C=O) groups is 1. The van der Waals surface area contributed by atoms with E-state index in [1.807, 2.05) is 10.9 Å². The lowest BCUT2D eigenvalue weighted by Gasteiger charge is -2.23. The van der Waals surface area contributed by atoms with E-state index in [2.05, 4.69) is 33.5 Å². The summed E-state index contributed by atoms with van der Waals surface area (Å²) in [7, 11) is 3.56. The molecule has 1 amide bonds. The number of thiazole rings is 1. The van der Waals surface area contributed by atoms with E-state index < -0.39 is 0 Å². The lowest BCUT2D eigenvalue weighted by atomic mass is 10.2. The van der Waals surface area contributed by atoms with Crippen molar-refractivity contribution in [2.45, 2.75) is 45.3 Å². The zero-order valence-electron chi connectivity index (χ0n) is 14.6. The molecule has 2 aromatic rings. The Morgan fingerprint density at radius 3 is 3.00 bits per heavy atom. The van der Waals surface area contributed by atoms with Crippen LogP contribution in [0, 0.1) is 6.92 Å². The van der Waals surface area contributed by atoms with Crippen LogP contribution in [0.2, 0.25) is 0 Å². The van der Waals surface area contributed by atoms with Gasteiger partial charge in [-0.2, -0.15) is 5.10 Å². The molecule has 1 aliphatic rings. The minimum absolute atomic E-state index is 0.101. The van der Waals surface area contributed by atoms with Crippen molar-refractivity contribution < 1.29 is 4.79 Å². The van der Waals surface area contributed by atoms with Gasteiger partial charge in [-0.25, -0.2) is 4.98 Å². The Labute approximate surface area is 147 Å². The number of rotatable bonds is 6. The molecule has 130 valence electrons. The van der Waals surface area contributed by atoms with Crippen LogP contribution in [0.1, 0.15) is 29.1 Å². The fraction of sp³-hybridized carbons (Fsp3) is 0.588. The zero-order valence-corrected chi connectivity index (χ0v) is 15.4. The average molecular weight is 347 g/mol. The highest BCUT2D eigenvalue weighted by atomic mass is 32.1. The maximum atomic E-state index is 11.8. The predicted molar refractivity (Wildman–Crippen MR) is 94.9 cm³/mol. The second-order valence-electron chi connectivity index (χ2n) is 6.70. The number of amides is 1. The normalized spacial score (nSPS) is 18.2. The molecule has 7 heteroatoms. The molecule has 2 aromatic heterocycles. The zero-order chi connectivity index (χ0) is 17.1. The second-order valence-corrected chi connectivity index (χ2v) is 7.65. The van der Waals surface area contributed by atoms with Gasteiger partial charge in [0, 0.05) is 38.3 Å². The van der Waals surface area contributed by atoms with Crippen LogP contribution < -0.4 is 0 Å². The molecule has 3 rings (SSSR count). The summed E-state index contributed by atoms with van der Waals surface area (Å²) in [5.74, 6) is 0.101. The molecule has 0 aliphatic carbocycles. The van der Waals surface area contributed by atoms with Crippen molar-refractivity contribution in [1.82, 2.24) is 24.6 Å². The summed E-state index contributed by atoms with van der Waals surface area (Å²) in [6, 6.07) is 0.512. The van der Waals surface area contributed by atoms with E-state index >= 15 is 0 Å². The molecule has 0 spiro atoms. The summed E-state index contributed by atoms with van der Waals surface area (Å²) in [5.41, 5.74) is 2.28. The van der Waals surface area contributed by atoms with Gasteiger partial charge in [0.05, 0.1) is 24.9 Å². The third-order valence-corrected chi connectivity index (χ3v) is 5.32. The van der Waals surface area contributed by atoms with Crippen LogP contribution in [0.4, 0.5) is 0 Å². The molecule has 1 fully saturated rings. The number of carbonyl (C=O) groups excluding carboxylic acids is 1. The van der Waals surface area contributed by atoms with Gasteiger partial charge in [0.1, 0.15) is 5.01 Å². The molecule has 0 bridgehead atoms. The maximum Gasteiger partial charge on any atom is 0.228 e. The Kier molecular flexibility index (Phi) is 5.30. The van der Waals surface area contributed by atoms with Gasteiger partial charge >= 0.3 is 0 Å². The van der Waals surface area contributed by atoms with Crippen LogP contribution in [0.3, 0.4) is 0 Å². The van der Waals surface area contributed by atoms with Crippen LogP contribution in [-0.2, 0) is 24.3 Å². The Morgan fingerprint density at radius 1 is 1.46 bits per heavy atom. The van der Waals surface area contributed by atoms with Crippen LogP contribution in [-0.4, -0.2) is 57.2 Å².